The summed E-state index contributed by atoms with van der Waals surface area (Å²) in [6.45, 7) is 1.67. The molecular weight excluding hydrogens is 289 g/mol. The third-order valence-corrected chi connectivity index (χ3v) is 3.11. The van der Waals surface area contributed by atoms with Gasteiger partial charge in [0.1, 0.15) is 11.6 Å². The van der Waals surface area contributed by atoms with Gasteiger partial charge in [-0.3, -0.25) is 4.79 Å². The first-order chi connectivity index (χ1) is 8.06. The summed E-state index contributed by atoms with van der Waals surface area (Å²) in [5.74, 6) is -0.0205. The molecule has 1 aliphatic rings. The van der Waals surface area contributed by atoms with Gasteiger partial charge < -0.3 is 10.1 Å². The molecule has 1 aromatic rings. The van der Waals surface area contributed by atoms with Crippen molar-refractivity contribution in [3.05, 3.63) is 28.5 Å². The lowest BCUT2D eigenvalue weighted by atomic mass is 10.3. The number of benzene rings is 1. The predicted molar refractivity (Wildman–Crippen MR) is 65.4 cm³/mol. The fraction of sp³-hybridized carbons (Fsp3) is 0.417. The summed E-state index contributed by atoms with van der Waals surface area (Å²) < 4.78 is 18.8. The van der Waals surface area contributed by atoms with Crippen molar-refractivity contribution in [3.8, 4) is 5.75 Å². The van der Waals surface area contributed by atoms with Crippen LogP contribution in [0.3, 0.4) is 0 Å². The number of ether oxygens (including phenoxy) is 1. The topological polar surface area (TPSA) is 38.3 Å². The van der Waals surface area contributed by atoms with E-state index in [1.54, 1.807) is 6.92 Å². The summed E-state index contributed by atoms with van der Waals surface area (Å²) in [5.41, 5.74) is 0. The Labute approximate surface area is 107 Å². The van der Waals surface area contributed by atoms with Crippen LogP contribution in [0.15, 0.2) is 22.7 Å². The normalized spacial score (nSPS) is 16.4. The molecule has 92 valence electrons. The van der Waals surface area contributed by atoms with Crippen LogP contribution in [0, 0.1) is 5.82 Å². The van der Waals surface area contributed by atoms with Gasteiger partial charge in [-0.15, -0.1) is 0 Å². The lowest BCUT2D eigenvalue weighted by Crippen LogP contribution is -2.37. The van der Waals surface area contributed by atoms with E-state index >= 15 is 0 Å². The number of halogens is 2. The third kappa shape index (κ3) is 3.43. The number of hydrogen-bond donors (Lipinski definition) is 1. The van der Waals surface area contributed by atoms with Gasteiger partial charge in [-0.2, -0.15) is 0 Å². The van der Waals surface area contributed by atoms with Gasteiger partial charge in [-0.05, 0) is 53.9 Å². The highest BCUT2D eigenvalue weighted by Gasteiger charge is 2.26. The molecule has 0 bridgehead atoms. The second-order valence-electron chi connectivity index (χ2n) is 4.12. The molecule has 1 aromatic carbocycles. The minimum Gasteiger partial charge on any atom is -0.480 e. The summed E-state index contributed by atoms with van der Waals surface area (Å²) in [4.78, 5) is 11.7. The Bertz CT molecular complexity index is 435. The summed E-state index contributed by atoms with van der Waals surface area (Å²) in [6.07, 6.45) is 1.49. The first-order valence-corrected chi connectivity index (χ1v) is 6.27. The van der Waals surface area contributed by atoms with E-state index in [4.69, 9.17) is 4.74 Å². The quantitative estimate of drug-likeness (QED) is 0.928. The van der Waals surface area contributed by atoms with E-state index in [2.05, 4.69) is 21.2 Å². The molecule has 1 aliphatic carbocycles. The van der Waals surface area contributed by atoms with Crippen molar-refractivity contribution < 1.29 is 13.9 Å². The Morgan fingerprint density at radius 2 is 2.29 bits per heavy atom. The lowest BCUT2D eigenvalue weighted by Gasteiger charge is -2.15. The maximum Gasteiger partial charge on any atom is 0.260 e. The zero-order valence-electron chi connectivity index (χ0n) is 9.37. The molecule has 5 heteroatoms. The molecule has 0 saturated heterocycles. The SMILES string of the molecule is C[C@H](Oc1ccc(F)cc1Br)C(=O)NC1CC1. The van der Waals surface area contributed by atoms with Gasteiger partial charge in [0.25, 0.3) is 5.91 Å². The fourth-order valence-electron chi connectivity index (χ4n) is 1.36. The molecule has 3 nitrogen and oxygen atoms in total. The van der Waals surface area contributed by atoms with Gasteiger partial charge in [-0.1, -0.05) is 0 Å². The summed E-state index contributed by atoms with van der Waals surface area (Å²) in [7, 11) is 0. The van der Waals surface area contributed by atoms with E-state index in [0.29, 0.717) is 16.3 Å². The maximum atomic E-state index is 12.9. The van der Waals surface area contributed by atoms with Crippen molar-refractivity contribution >= 4 is 21.8 Å². The standard InChI is InChI=1S/C12H13BrFNO2/c1-7(12(16)15-9-3-4-9)17-11-5-2-8(14)6-10(11)13/h2,5-7,9H,3-4H2,1H3,(H,15,16)/t7-/m0/s1. The van der Waals surface area contributed by atoms with E-state index in [0.717, 1.165) is 12.8 Å². The molecule has 2 rings (SSSR count). The van der Waals surface area contributed by atoms with Gasteiger partial charge in [-0.25, -0.2) is 4.39 Å². The minimum atomic E-state index is -0.586. The Hall–Kier alpha value is -1.10. The first-order valence-electron chi connectivity index (χ1n) is 5.48. The summed E-state index contributed by atoms with van der Waals surface area (Å²) in [6, 6.07) is 4.41. The molecular formula is C12H13BrFNO2. The molecule has 1 saturated carbocycles. The monoisotopic (exact) mass is 301 g/mol. The molecule has 0 unspecified atom stereocenters. The number of hydrogen-bond acceptors (Lipinski definition) is 2. The van der Waals surface area contributed by atoms with E-state index in [1.807, 2.05) is 0 Å². The van der Waals surface area contributed by atoms with Crippen LogP contribution in [0.1, 0.15) is 19.8 Å². The van der Waals surface area contributed by atoms with E-state index in [9.17, 15) is 9.18 Å². The number of carbonyl (C=O) groups excluding carboxylic acids is 1. The second-order valence-corrected chi connectivity index (χ2v) is 4.97. The molecule has 0 radical (unpaired) electrons. The fourth-order valence-corrected chi connectivity index (χ4v) is 1.81. The molecule has 1 fully saturated rings. The smallest absolute Gasteiger partial charge is 0.260 e. The van der Waals surface area contributed by atoms with E-state index < -0.39 is 6.10 Å². The van der Waals surface area contributed by atoms with E-state index in [-0.39, 0.29) is 11.7 Å². The van der Waals surface area contributed by atoms with Crippen LogP contribution in [0.2, 0.25) is 0 Å². The number of amides is 1. The van der Waals surface area contributed by atoms with Crippen molar-refractivity contribution in [2.24, 2.45) is 0 Å². The highest BCUT2D eigenvalue weighted by Crippen LogP contribution is 2.26. The van der Waals surface area contributed by atoms with E-state index in [1.165, 1.54) is 18.2 Å². The molecule has 1 amide bonds. The molecule has 0 heterocycles. The van der Waals surface area contributed by atoms with Gasteiger partial charge in [0, 0.05) is 6.04 Å². The van der Waals surface area contributed by atoms with Crippen LogP contribution in [0.5, 0.6) is 5.75 Å². The Morgan fingerprint density at radius 3 is 2.88 bits per heavy atom. The summed E-state index contributed by atoms with van der Waals surface area (Å²) in [5, 5.41) is 2.85. The van der Waals surface area contributed by atoms with Crippen molar-refractivity contribution in [2.75, 3.05) is 0 Å². The average molecular weight is 302 g/mol. The van der Waals surface area contributed by atoms with Crippen LogP contribution in [0.4, 0.5) is 4.39 Å². The molecule has 0 aliphatic heterocycles. The van der Waals surface area contributed by atoms with Gasteiger partial charge in [0.2, 0.25) is 0 Å². The molecule has 0 aromatic heterocycles. The Balaban J connectivity index is 1.96. The molecule has 1 atom stereocenters. The van der Waals surface area contributed by atoms with Crippen LogP contribution >= 0.6 is 15.9 Å². The van der Waals surface area contributed by atoms with Crippen LogP contribution in [-0.4, -0.2) is 18.1 Å². The maximum absolute atomic E-state index is 12.9. The molecule has 0 spiro atoms. The van der Waals surface area contributed by atoms with Crippen LogP contribution < -0.4 is 10.1 Å². The van der Waals surface area contributed by atoms with Crippen molar-refractivity contribution in [1.29, 1.82) is 0 Å². The zero-order valence-corrected chi connectivity index (χ0v) is 11.0. The third-order valence-electron chi connectivity index (χ3n) is 2.49. The highest BCUT2D eigenvalue weighted by atomic mass is 79.9. The number of carbonyl (C=O) groups is 1. The Kier molecular flexibility index (Phi) is 3.66. The molecule has 1 N–H and O–H groups in total. The Morgan fingerprint density at radius 1 is 1.59 bits per heavy atom. The highest BCUT2D eigenvalue weighted by molar-refractivity contribution is 9.10. The zero-order chi connectivity index (χ0) is 12.4. The number of nitrogens with one attached hydrogen (secondary N) is 1. The van der Waals surface area contributed by atoms with Crippen LogP contribution in [-0.2, 0) is 4.79 Å². The average Bonchev–Trinajstić information content (AvgIpc) is 3.06. The van der Waals surface area contributed by atoms with Gasteiger partial charge >= 0.3 is 0 Å². The summed E-state index contributed by atoms with van der Waals surface area (Å²) >= 11 is 3.19. The first kappa shape index (κ1) is 12.4. The van der Waals surface area contributed by atoms with Crippen LogP contribution in [0.25, 0.3) is 0 Å². The predicted octanol–water partition coefficient (Wildman–Crippen LogP) is 2.63. The van der Waals surface area contributed by atoms with Crippen molar-refractivity contribution in [3.63, 3.8) is 0 Å². The van der Waals surface area contributed by atoms with Crippen molar-refractivity contribution in [1.82, 2.24) is 5.32 Å². The largest absolute Gasteiger partial charge is 0.480 e. The van der Waals surface area contributed by atoms with Crippen molar-refractivity contribution in [2.45, 2.75) is 31.9 Å². The minimum absolute atomic E-state index is 0.135. The lowest BCUT2D eigenvalue weighted by molar-refractivity contribution is -0.127. The van der Waals surface area contributed by atoms with Gasteiger partial charge in [0.05, 0.1) is 4.47 Å². The second kappa shape index (κ2) is 5.04. The number of rotatable bonds is 4. The van der Waals surface area contributed by atoms with Gasteiger partial charge in [0.15, 0.2) is 6.10 Å². The molecule has 17 heavy (non-hydrogen) atoms.